The summed E-state index contributed by atoms with van der Waals surface area (Å²) in [6.07, 6.45) is 1.46. The highest BCUT2D eigenvalue weighted by Gasteiger charge is 2.13. The summed E-state index contributed by atoms with van der Waals surface area (Å²) in [5.41, 5.74) is 1.65. The molecule has 1 heterocycles. The molecule has 25 heavy (non-hydrogen) atoms. The van der Waals surface area contributed by atoms with E-state index in [1.165, 1.54) is 6.08 Å². The van der Waals surface area contributed by atoms with Crippen LogP contribution in [0.15, 0.2) is 60.2 Å². The number of nitrogens with zero attached hydrogens (tertiary/aromatic N) is 2. The van der Waals surface area contributed by atoms with Gasteiger partial charge >= 0.3 is 0 Å². The molecule has 0 aliphatic carbocycles. The van der Waals surface area contributed by atoms with Crippen LogP contribution in [-0.4, -0.2) is 17.9 Å². The zero-order valence-corrected chi connectivity index (χ0v) is 14.1. The summed E-state index contributed by atoms with van der Waals surface area (Å²) in [4.78, 5) is 16.8. The molecule has 0 aliphatic rings. The van der Waals surface area contributed by atoms with E-state index in [1.54, 1.807) is 49.6 Å². The van der Waals surface area contributed by atoms with E-state index in [0.29, 0.717) is 22.4 Å². The maximum absolute atomic E-state index is 12.5. The monoisotopic (exact) mass is 348 g/mol. The number of carbonyl (C=O) groups is 1. The standard InChI is InChI=1S/C20H13ClN2O2/c1-25-17-7-8-18-14(11-17)9-15(20(21)23-18)10-16(12-22)19(24)13-5-3-2-4-6-13/h2-11H,1H3/b16-10+. The topological polar surface area (TPSA) is 63.0 Å². The van der Waals surface area contributed by atoms with Crippen molar-refractivity contribution in [2.24, 2.45) is 0 Å². The number of fused-ring (bicyclic) bond motifs is 1. The molecule has 0 spiro atoms. The van der Waals surface area contributed by atoms with Crippen molar-refractivity contribution in [2.45, 2.75) is 0 Å². The Hall–Kier alpha value is -3.16. The SMILES string of the molecule is COc1ccc2nc(Cl)c(/C=C(\C#N)C(=O)c3ccccc3)cc2c1. The minimum Gasteiger partial charge on any atom is -0.497 e. The minimum atomic E-state index is -0.357. The van der Waals surface area contributed by atoms with E-state index < -0.39 is 0 Å². The second-order valence-electron chi connectivity index (χ2n) is 5.29. The fourth-order valence-electron chi connectivity index (χ4n) is 2.42. The number of aromatic nitrogens is 1. The van der Waals surface area contributed by atoms with Gasteiger partial charge in [0.1, 0.15) is 22.5 Å². The average molecular weight is 349 g/mol. The summed E-state index contributed by atoms with van der Waals surface area (Å²) in [5, 5.41) is 10.4. The molecule has 2 aromatic carbocycles. The Kier molecular flexibility index (Phi) is 4.78. The average Bonchev–Trinajstić information content (AvgIpc) is 2.66. The van der Waals surface area contributed by atoms with Gasteiger partial charge in [-0.1, -0.05) is 41.9 Å². The predicted octanol–water partition coefficient (Wildman–Crippen LogP) is 4.69. The lowest BCUT2D eigenvalue weighted by atomic mass is 10.0. The van der Waals surface area contributed by atoms with E-state index in [4.69, 9.17) is 16.3 Å². The van der Waals surface area contributed by atoms with Gasteiger partial charge in [0.2, 0.25) is 5.78 Å². The molecule has 122 valence electrons. The van der Waals surface area contributed by atoms with E-state index in [-0.39, 0.29) is 16.5 Å². The van der Waals surface area contributed by atoms with Gasteiger partial charge in [0.15, 0.2) is 0 Å². The summed E-state index contributed by atoms with van der Waals surface area (Å²) >= 11 is 6.22. The number of carbonyl (C=O) groups excluding carboxylic acids is 1. The summed E-state index contributed by atoms with van der Waals surface area (Å²) in [6, 6.07) is 17.8. The fourth-order valence-corrected chi connectivity index (χ4v) is 2.62. The van der Waals surface area contributed by atoms with Crippen LogP contribution < -0.4 is 4.74 Å². The van der Waals surface area contributed by atoms with E-state index >= 15 is 0 Å². The van der Waals surface area contributed by atoms with Gasteiger partial charge in [0.05, 0.1) is 12.6 Å². The second-order valence-corrected chi connectivity index (χ2v) is 5.65. The van der Waals surface area contributed by atoms with Crippen LogP contribution in [0.25, 0.3) is 17.0 Å². The Labute approximate surface area is 149 Å². The number of halogens is 1. The van der Waals surface area contributed by atoms with Crippen molar-refractivity contribution in [3.05, 3.63) is 76.5 Å². The lowest BCUT2D eigenvalue weighted by Gasteiger charge is -2.05. The number of pyridine rings is 1. The molecular formula is C20H13ClN2O2. The smallest absolute Gasteiger partial charge is 0.203 e. The Bertz CT molecular complexity index is 1020. The molecule has 3 rings (SSSR count). The van der Waals surface area contributed by atoms with Crippen molar-refractivity contribution in [2.75, 3.05) is 7.11 Å². The number of methoxy groups -OCH3 is 1. The molecule has 0 unspecified atom stereocenters. The van der Waals surface area contributed by atoms with Gasteiger partial charge in [-0.15, -0.1) is 0 Å². The molecule has 0 aliphatic heterocycles. The number of ketones is 1. The number of ether oxygens (including phenoxy) is 1. The van der Waals surface area contributed by atoms with Gasteiger partial charge in [0.25, 0.3) is 0 Å². The molecule has 0 saturated heterocycles. The Morgan fingerprint density at radius 2 is 1.96 bits per heavy atom. The number of hydrogen-bond acceptors (Lipinski definition) is 4. The number of rotatable bonds is 4. The van der Waals surface area contributed by atoms with Crippen LogP contribution in [0, 0.1) is 11.3 Å². The van der Waals surface area contributed by atoms with Crippen molar-refractivity contribution >= 4 is 34.4 Å². The van der Waals surface area contributed by atoms with Crippen LogP contribution >= 0.6 is 11.6 Å². The van der Waals surface area contributed by atoms with Crippen LogP contribution in [0.1, 0.15) is 15.9 Å². The first-order chi connectivity index (χ1) is 12.1. The number of Topliss-reactive ketones (excluding diaryl/α,β-unsaturated/α-hetero) is 1. The van der Waals surface area contributed by atoms with Crippen LogP contribution in [-0.2, 0) is 0 Å². The van der Waals surface area contributed by atoms with E-state index in [9.17, 15) is 10.1 Å². The van der Waals surface area contributed by atoms with Crippen molar-refractivity contribution in [1.29, 1.82) is 5.26 Å². The second kappa shape index (κ2) is 7.16. The fraction of sp³-hybridized carbons (Fsp3) is 0.0500. The third-order valence-electron chi connectivity index (χ3n) is 3.70. The summed E-state index contributed by atoms with van der Waals surface area (Å²) in [6.45, 7) is 0. The first kappa shape index (κ1) is 16.7. The quantitative estimate of drug-likeness (QED) is 0.297. The zero-order valence-electron chi connectivity index (χ0n) is 13.4. The maximum atomic E-state index is 12.5. The highest BCUT2D eigenvalue weighted by atomic mass is 35.5. The van der Waals surface area contributed by atoms with E-state index in [0.717, 1.165) is 5.39 Å². The minimum absolute atomic E-state index is 0.00264. The van der Waals surface area contributed by atoms with Crippen LogP contribution in [0.3, 0.4) is 0 Å². The number of hydrogen-bond donors (Lipinski definition) is 0. The third kappa shape index (κ3) is 3.52. The predicted molar refractivity (Wildman–Crippen MR) is 97.7 cm³/mol. The normalized spacial score (nSPS) is 11.2. The molecule has 1 aromatic heterocycles. The molecule has 0 saturated carbocycles. The first-order valence-electron chi connectivity index (χ1n) is 7.48. The summed E-state index contributed by atoms with van der Waals surface area (Å²) in [5.74, 6) is 0.331. The Balaban J connectivity index is 2.07. The molecule has 4 nitrogen and oxygen atoms in total. The Morgan fingerprint density at radius 3 is 2.64 bits per heavy atom. The number of allylic oxidation sites excluding steroid dienone is 1. The molecule has 3 aromatic rings. The van der Waals surface area contributed by atoms with E-state index in [1.807, 2.05) is 18.2 Å². The van der Waals surface area contributed by atoms with Gasteiger partial charge < -0.3 is 4.74 Å². The summed E-state index contributed by atoms with van der Waals surface area (Å²) < 4.78 is 5.21. The molecular weight excluding hydrogens is 336 g/mol. The lowest BCUT2D eigenvalue weighted by molar-refractivity contribution is 0.104. The van der Waals surface area contributed by atoms with E-state index in [2.05, 4.69) is 4.98 Å². The maximum Gasteiger partial charge on any atom is 0.203 e. The van der Waals surface area contributed by atoms with Crippen LogP contribution in [0.5, 0.6) is 5.75 Å². The first-order valence-corrected chi connectivity index (χ1v) is 7.86. The van der Waals surface area contributed by atoms with Gasteiger partial charge in [-0.25, -0.2) is 4.98 Å². The molecule has 0 radical (unpaired) electrons. The summed E-state index contributed by atoms with van der Waals surface area (Å²) in [7, 11) is 1.58. The van der Waals surface area contributed by atoms with Gasteiger partial charge in [-0.3, -0.25) is 4.79 Å². The highest BCUT2D eigenvalue weighted by Crippen LogP contribution is 2.26. The van der Waals surface area contributed by atoms with Crippen LogP contribution in [0.2, 0.25) is 5.15 Å². The van der Waals surface area contributed by atoms with Crippen molar-refractivity contribution in [3.63, 3.8) is 0 Å². The molecule has 0 amide bonds. The number of nitriles is 1. The van der Waals surface area contributed by atoms with Gasteiger partial charge in [0, 0.05) is 16.5 Å². The molecule has 0 N–H and O–H groups in total. The number of benzene rings is 2. The molecule has 0 bridgehead atoms. The zero-order chi connectivity index (χ0) is 17.8. The van der Waals surface area contributed by atoms with Crippen molar-refractivity contribution in [3.8, 4) is 11.8 Å². The molecule has 0 fully saturated rings. The van der Waals surface area contributed by atoms with Crippen molar-refractivity contribution < 1.29 is 9.53 Å². The lowest BCUT2D eigenvalue weighted by Crippen LogP contribution is -2.01. The van der Waals surface area contributed by atoms with Gasteiger partial charge in [-0.2, -0.15) is 5.26 Å². The van der Waals surface area contributed by atoms with Crippen LogP contribution in [0.4, 0.5) is 0 Å². The largest absolute Gasteiger partial charge is 0.497 e. The van der Waals surface area contributed by atoms with Gasteiger partial charge in [-0.05, 0) is 30.3 Å². The molecule has 0 atom stereocenters. The third-order valence-corrected chi connectivity index (χ3v) is 4.01. The highest BCUT2D eigenvalue weighted by molar-refractivity contribution is 6.31. The molecule has 5 heteroatoms. The van der Waals surface area contributed by atoms with Crippen molar-refractivity contribution in [1.82, 2.24) is 4.98 Å². The Morgan fingerprint density at radius 1 is 1.20 bits per heavy atom.